The predicted molar refractivity (Wildman–Crippen MR) is 81.9 cm³/mol. The number of methoxy groups -OCH3 is 1. The van der Waals surface area contributed by atoms with Gasteiger partial charge in [0, 0.05) is 0 Å². The Balaban J connectivity index is 2.40. The minimum Gasteiger partial charge on any atom is -0.496 e. The first kappa shape index (κ1) is 14.9. The fourth-order valence-corrected chi connectivity index (χ4v) is 2.48. The van der Waals surface area contributed by atoms with Crippen LogP contribution in [0.3, 0.4) is 0 Å². The minimum atomic E-state index is -1.04. The SMILES string of the molecule is COc1cc(Br)c(Oc2ccccc2C(=O)O)cc1Br. The molecule has 0 aliphatic rings. The van der Waals surface area contributed by atoms with Crippen molar-refractivity contribution in [2.24, 2.45) is 0 Å². The predicted octanol–water partition coefficient (Wildman–Crippen LogP) is 4.71. The second-order valence-electron chi connectivity index (χ2n) is 3.82. The van der Waals surface area contributed by atoms with Crippen molar-refractivity contribution in [3.63, 3.8) is 0 Å². The number of hydrogen-bond acceptors (Lipinski definition) is 3. The van der Waals surface area contributed by atoms with E-state index in [1.54, 1.807) is 37.4 Å². The highest BCUT2D eigenvalue weighted by atomic mass is 79.9. The molecule has 0 heterocycles. The molecule has 0 aliphatic carbocycles. The second kappa shape index (κ2) is 6.28. The van der Waals surface area contributed by atoms with E-state index in [0.717, 1.165) is 0 Å². The summed E-state index contributed by atoms with van der Waals surface area (Å²) in [6, 6.07) is 9.91. The zero-order valence-corrected chi connectivity index (χ0v) is 13.6. The van der Waals surface area contributed by atoms with Gasteiger partial charge < -0.3 is 14.6 Å². The number of ether oxygens (including phenoxy) is 2. The van der Waals surface area contributed by atoms with Crippen LogP contribution in [0.25, 0.3) is 0 Å². The molecule has 0 atom stereocenters. The summed E-state index contributed by atoms with van der Waals surface area (Å²) in [5.74, 6) is 0.379. The van der Waals surface area contributed by atoms with Gasteiger partial charge in [-0.1, -0.05) is 12.1 Å². The van der Waals surface area contributed by atoms with Crippen LogP contribution in [0, 0.1) is 0 Å². The van der Waals surface area contributed by atoms with E-state index in [1.165, 1.54) is 6.07 Å². The lowest BCUT2D eigenvalue weighted by Gasteiger charge is -2.12. The number of para-hydroxylation sites is 1. The highest BCUT2D eigenvalue weighted by Gasteiger charge is 2.14. The average Bonchev–Trinajstić information content (AvgIpc) is 2.42. The Morgan fingerprint density at radius 1 is 1.05 bits per heavy atom. The van der Waals surface area contributed by atoms with Crippen LogP contribution >= 0.6 is 31.9 Å². The monoisotopic (exact) mass is 400 g/mol. The maximum atomic E-state index is 11.1. The molecule has 0 saturated heterocycles. The number of aromatic carboxylic acids is 1. The minimum absolute atomic E-state index is 0.103. The first-order valence-electron chi connectivity index (χ1n) is 5.56. The Morgan fingerprint density at radius 2 is 1.65 bits per heavy atom. The molecule has 4 nitrogen and oxygen atoms in total. The lowest BCUT2D eigenvalue weighted by atomic mass is 10.2. The van der Waals surface area contributed by atoms with Crippen LogP contribution in [-0.2, 0) is 0 Å². The Hall–Kier alpha value is -1.53. The standard InChI is InChI=1S/C14H10Br2O4/c1-19-12-6-10(16)13(7-9(12)15)20-11-5-3-2-4-8(11)14(17)18/h2-7H,1H3,(H,17,18). The van der Waals surface area contributed by atoms with Crippen molar-refractivity contribution in [2.75, 3.05) is 7.11 Å². The number of carboxylic acid groups (broad SMARTS) is 1. The van der Waals surface area contributed by atoms with Crippen molar-refractivity contribution < 1.29 is 19.4 Å². The number of hydrogen-bond donors (Lipinski definition) is 1. The summed E-state index contributed by atoms with van der Waals surface area (Å²) in [5, 5.41) is 9.13. The maximum absolute atomic E-state index is 11.1. The van der Waals surface area contributed by atoms with Crippen LogP contribution in [0.1, 0.15) is 10.4 Å². The fourth-order valence-electron chi connectivity index (χ4n) is 1.60. The van der Waals surface area contributed by atoms with Crippen LogP contribution in [0.4, 0.5) is 0 Å². The molecule has 0 aliphatic heterocycles. The third-order valence-corrected chi connectivity index (χ3v) is 3.78. The van der Waals surface area contributed by atoms with Gasteiger partial charge in [0.25, 0.3) is 0 Å². The van der Waals surface area contributed by atoms with Gasteiger partial charge in [-0.05, 0) is 56.1 Å². The molecule has 20 heavy (non-hydrogen) atoms. The highest BCUT2D eigenvalue weighted by Crippen LogP contribution is 2.38. The Bertz CT molecular complexity index is 656. The molecule has 0 unspecified atom stereocenters. The van der Waals surface area contributed by atoms with E-state index in [-0.39, 0.29) is 11.3 Å². The number of halogens is 2. The summed E-state index contributed by atoms with van der Waals surface area (Å²) in [5.41, 5.74) is 0.103. The Labute approximate surface area is 132 Å². The molecule has 1 N–H and O–H groups in total. The largest absolute Gasteiger partial charge is 0.496 e. The molecule has 2 aromatic carbocycles. The molecule has 0 saturated carbocycles. The van der Waals surface area contributed by atoms with E-state index in [2.05, 4.69) is 31.9 Å². The normalized spacial score (nSPS) is 10.2. The van der Waals surface area contributed by atoms with Gasteiger partial charge in [-0.2, -0.15) is 0 Å². The maximum Gasteiger partial charge on any atom is 0.339 e. The summed E-state index contributed by atoms with van der Waals surface area (Å²) in [4.78, 5) is 11.1. The molecule has 0 spiro atoms. The fraction of sp³-hybridized carbons (Fsp3) is 0.0714. The Morgan fingerprint density at radius 3 is 2.30 bits per heavy atom. The molecule has 2 aromatic rings. The summed E-state index contributed by atoms with van der Waals surface area (Å²) in [7, 11) is 1.56. The van der Waals surface area contributed by atoms with Crippen molar-refractivity contribution in [1.29, 1.82) is 0 Å². The van der Waals surface area contributed by atoms with E-state index in [4.69, 9.17) is 14.6 Å². The average molecular weight is 402 g/mol. The molecule has 6 heteroatoms. The van der Waals surface area contributed by atoms with Gasteiger partial charge in [0.05, 0.1) is 16.1 Å². The second-order valence-corrected chi connectivity index (χ2v) is 5.53. The van der Waals surface area contributed by atoms with Gasteiger partial charge in [-0.25, -0.2) is 4.79 Å². The molecule has 0 radical (unpaired) electrons. The van der Waals surface area contributed by atoms with Gasteiger partial charge in [0.15, 0.2) is 0 Å². The molecule has 104 valence electrons. The van der Waals surface area contributed by atoms with Crippen LogP contribution in [0.2, 0.25) is 0 Å². The van der Waals surface area contributed by atoms with Gasteiger partial charge in [-0.3, -0.25) is 0 Å². The van der Waals surface area contributed by atoms with Gasteiger partial charge in [-0.15, -0.1) is 0 Å². The van der Waals surface area contributed by atoms with E-state index < -0.39 is 5.97 Å². The summed E-state index contributed by atoms with van der Waals surface area (Å²) >= 11 is 6.73. The van der Waals surface area contributed by atoms with Crippen molar-refractivity contribution in [3.8, 4) is 17.2 Å². The molecular weight excluding hydrogens is 392 g/mol. The van der Waals surface area contributed by atoms with Crippen LogP contribution < -0.4 is 9.47 Å². The van der Waals surface area contributed by atoms with Crippen molar-refractivity contribution >= 4 is 37.8 Å². The van der Waals surface area contributed by atoms with Gasteiger partial charge in [0.1, 0.15) is 22.8 Å². The summed E-state index contributed by atoms with van der Waals surface area (Å²) in [6.07, 6.45) is 0. The molecule has 0 amide bonds. The quantitative estimate of drug-likeness (QED) is 0.805. The summed E-state index contributed by atoms with van der Waals surface area (Å²) < 4.78 is 12.2. The zero-order chi connectivity index (χ0) is 14.7. The van der Waals surface area contributed by atoms with E-state index in [1.807, 2.05) is 0 Å². The van der Waals surface area contributed by atoms with E-state index in [0.29, 0.717) is 20.4 Å². The van der Waals surface area contributed by atoms with Gasteiger partial charge in [0.2, 0.25) is 0 Å². The van der Waals surface area contributed by atoms with Crippen molar-refractivity contribution in [2.45, 2.75) is 0 Å². The lowest BCUT2D eigenvalue weighted by Crippen LogP contribution is -2.00. The molecule has 0 aromatic heterocycles. The molecule has 2 rings (SSSR count). The number of rotatable bonds is 4. The van der Waals surface area contributed by atoms with Gasteiger partial charge >= 0.3 is 5.97 Å². The van der Waals surface area contributed by atoms with Crippen LogP contribution in [0.5, 0.6) is 17.2 Å². The van der Waals surface area contributed by atoms with Crippen LogP contribution in [0.15, 0.2) is 45.3 Å². The highest BCUT2D eigenvalue weighted by molar-refractivity contribution is 9.11. The Kier molecular flexibility index (Phi) is 4.67. The lowest BCUT2D eigenvalue weighted by molar-refractivity contribution is 0.0694. The first-order chi connectivity index (χ1) is 9.52. The molecule has 0 fully saturated rings. The molecule has 0 bridgehead atoms. The number of carbonyl (C=O) groups is 1. The van der Waals surface area contributed by atoms with Crippen molar-refractivity contribution in [1.82, 2.24) is 0 Å². The third-order valence-electron chi connectivity index (χ3n) is 2.54. The summed E-state index contributed by atoms with van der Waals surface area (Å²) in [6.45, 7) is 0. The first-order valence-corrected chi connectivity index (χ1v) is 7.14. The smallest absolute Gasteiger partial charge is 0.339 e. The number of carboxylic acids is 1. The zero-order valence-electron chi connectivity index (χ0n) is 10.4. The molecular formula is C14H10Br2O4. The number of benzene rings is 2. The van der Waals surface area contributed by atoms with E-state index >= 15 is 0 Å². The topological polar surface area (TPSA) is 55.8 Å². The van der Waals surface area contributed by atoms with Crippen LogP contribution in [-0.4, -0.2) is 18.2 Å². The third kappa shape index (κ3) is 3.13. The van der Waals surface area contributed by atoms with Crippen molar-refractivity contribution in [3.05, 3.63) is 50.9 Å². The van der Waals surface area contributed by atoms with E-state index in [9.17, 15) is 4.79 Å².